The van der Waals surface area contributed by atoms with Crippen LogP contribution in [0, 0.1) is 0 Å². The van der Waals surface area contributed by atoms with E-state index in [1.54, 1.807) is 0 Å². The van der Waals surface area contributed by atoms with Crippen molar-refractivity contribution >= 4 is 17.9 Å². The van der Waals surface area contributed by atoms with Gasteiger partial charge in [0.1, 0.15) is 13.2 Å². The van der Waals surface area contributed by atoms with Crippen LogP contribution in [0.4, 0.5) is 0 Å². The van der Waals surface area contributed by atoms with E-state index in [4.69, 9.17) is 14.2 Å². The Bertz CT molecular complexity index is 1430. The molecule has 0 aromatic rings. The molecule has 0 spiro atoms. The minimum atomic E-state index is -0.850. The highest BCUT2D eigenvalue weighted by molar-refractivity contribution is 5.71. The molecule has 0 aromatic heterocycles. The highest BCUT2D eigenvalue weighted by Crippen LogP contribution is 2.09. The predicted octanol–water partition coefficient (Wildman–Crippen LogP) is 15.3. The van der Waals surface area contributed by atoms with Crippen LogP contribution in [0.1, 0.15) is 162 Å². The second-order valence-corrected chi connectivity index (χ2v) is 14.5. The highest BCUT2D eigenvalue weighted by atomic mass is 16.6. The Balaban J connectivity index is 4.66. The van der Waals surface area contributed by atoms with Crippen LogP contribution in [-0.4, -0.2) is 37.2 Å². The van der Waals surface area contributed by atoms with E-state index < -0.39 is 6.10 Å². The number of carbonyl (C=O) groups is 3. The van der Waals surface area contributed by atoms with E-state index in [1.165, 1.54) is 0 Å². The third-order valence-electron chi connectivity index (χ3n) is 8.83. The minimum absolute atomic E-state index is 0.145. The molecule has 0 rings (SSSR count). The van der Waals surface area contributed by atoms with Crippen LogP contribution < -0.4 is 0 Å². The molecule has 0 radical (unpaired) electrons. The van der Waals surface area contributed by atoms with Gasteiger partial charge in [-0.1, -0.05) is 167 Å². The van der Waals surface area contributed by atoms with Gasteiger partial charge in [0.25, 0.3) is 0 Å². The molecule has 0 aliphatic rings. The van der Waals surface area contributed by atoms with Crippen molar-refractivity contribution in [3.63, 3.8) is 0 Å². The molecular formula is C55H82O6. The van der Waals surface area contributed by atoms with Crippen LogP contribution in [-0.2, 0) is 28.6 Å². The van der Waals surface area contributed by atoms with Crippen molar-refractivity contribution in [3.8, 4) is 0 Å². The molecule has 1 unspecified atom stereocenters. The second kappa shape index (κ2) is 48.0. The van der Waals surface area contributed by atoms with Crippen molar-refractivity contribution in [1.82, 2.24) is 0 Å². The number of rotatable bonds is 39. The van der Waals surface area contributed by atoms with E-state index in [9.17, 15) is 14.4 Å². The maximum atomic E-state index is 12.7. The molecule has 0 aliphatic heterocycles. The Labute approximate surface area is 372 Å². The normalized spacial score (nSPS) is 13.4. The molecule has 0 aromatic carbocycles. The van der Waals surface area contributed by atoms with Gasteiger partial charge in [0.2, 0.25) is 0 Å². The number of hydrogen-bond donors (Lipinski definition) is 0. The highest BCUT2D eigenvalue weighted by Gasteiger charge is 2.19. The number of allylic oxidation sites excluding steroid dienone is 24. The topological polar surface area (TPSA) is 78.9 Å². The van der Waals surface area contributed by atoms with E-state index in [-0.39, 0.29) is 50.4 Å². The Morgan fingerprint density at radius 2 is 0.607 bits per heavy atom. The fourth-order valence-corrected chi connectivity index (χ4v) is 5.43. The lowest BCUT2D eigenvalue weighted by Crippen LogP contribution is -2.30. The van der Waals surface area contributed by atoms with E-state index in [0.717, 1.165) is 103 Å². The molecule has 0 saturated carbocycles. The Morgan fingerprint density at radius 3 is 0.951 bits per heavy atom. The zero-order valence-corrected chi connectivity index (χ0v) is 38.4. The maximum Gasteiger partial charge on any atom is 0.306 e. The van der Waals surface area contributed by atoms with Gasteiger partial charge in [-0.2, -0.15) is 0 Å². The largest absolute Gasteiger partial charge is 0.462 e. The Hall–Kier alpha value is -4.71. The number of carbonyl (C=O) groups excluding carboxylic acids is 3. The molecule has 0 bridgehead atoms. The van der Waals surface area contributed by atoms with E-state index in [2.05, 4.69) is 154 Å². The van der Waals surface area contributed by atoms with E-state index in [0.29, 0.717) is 19.3 Å². The third kappa shape index (κ3) is 46.2. The van der Waals surface area contributed by atoms with Gasteiger partial charge in [-0.15, -0.1) is 0 Å². The monoisotopic (exact) mass is 839 g/mol. The molecule has 6 heteroatoms. The molecule has 0 aliphatic carbocycles. The van der Waals surface area contributed by atoms with Gasteiger partial charge in [-0.3, -0.25) is 14.4 Å². The van der Waals surface area contributed by atoms with Crippen molar-refractivity contribution in [1.29, 1.82) is 0 Å². The van der Waals surface area contributed by atoms with Gasteiger partial charge in [0, 0.05) is 19.3 Å². The fourth-order valence-electron chi connectivity index (χ4n) is 5.43. The first kappa shape index (κ1) is 56.3. The lowest BCUT2D eigenvalue weighted by molar-refractivity contribution is -0.166. The van der Waals surface area contributed by atoms with Gasteiger partial charge in [0.15, 0.2) is 6.10 Å². The van der Waals surface area contributed by atoms with Crippen LogP contribution in [0.25, 0.3) is 0 Å². The zero-order valence-electron chi connectivity index (χ0n) is 38.4. The minimum Gasteiger partial charge on any atom is -0.462 e. The first-order chi connectivity index (χ1) is 30.0. The molecule has 6 nitrogen and oxygen atoms in total. The van der Waals surface area contributed by atoms with Crippen molar-refractivity contribution in [3.05, 3.63) is 146 Å². The van der Waals surface area contributed by atoms with Crippen molar-refractivity contribution in [2.75, 3.05) is 13.2 Å². The summed E-state index contributed by atoms with van der Waals surface area (Å²) in [5, 5.41) is 0. The van der Waals surface area contributed by atoms with E-state index in [1.807, 2.05) is 12.2 Å². The summed E-state index contributed by atoms with van der Waals surface area (Å²) in [5.74, 6) is -1.13. The summed E-state index contributed by atoms with van der Waals surface area (Å²) in [6.45, 7) is 6.11. The standard InChI is InChI=1S/C55H82O6/c1-4-7-10-13-16-19-22-25-27-30-33-36-39-42-45-48-54(57)60-51-52(50-59-53(56)47-44-41-38-35-32-29-24-21-18-15-12-9-6-3)61-55(58)49-46-43-40-37-34-31-28-26-23-20-17-14-11-8-5-2/h7-12,16-21,25-29,32-34,36-38,41,52H,4-6,13-15,22-24,30-31,35,39-40,42-51H2,1-3H3/b10-7-,11-8-,12-9-,19-16-,20-17-,21-18-,27-25-,28-26-,32-29-,36-33-,37-34-,41-38-. The van der Waals surface area contributed by atoms with E-state index >= 15 is 0 Å². The quantitative estimate of drug-likeness (QED) is 0.0265. The Kier molecular flexibility index (Phi) is 44.3. The van der Waals surface area contributed by atoms with Gasteiger partial charge in [-0.05, 0) is 122 Å². The molecule has 0 heterocycles. The first-order valence-electron chi connectivity index (χ1n) is 23.3. The molecule has 0 amide bonds. The predicted molar refractivity (Wildman–Crippen MR) is 260 cm³/mol. The average Bonchev–Trinajstić information content (AvgIpc) is 3.26. The van der Waals surface area contributed by atoms with Gasteiger partial charge in [0.05, 0.1) is 0 Å². The lowest BCUT2D eigenvalue weighted by atomic mass is 10.1. The van der Waals surface area contributed by atoms with Gasteiger partial charge < -0.3 is 14.2 Å². The number of ether oxygens (including phenoxy) is 3. The number of esters is 3. The smallest absolute Gasteiger partial charge is 0.306 e. The summed E-state index contributed by atoms with van der Waals surface area (Å²) in [7, 11) is 0. The summed E-state index contributed by atoms with van der Waals surface area (Å²) < 4.78 is 16.6. The molecule has 338 valence electrons. The number of hydrogen-bond acceptors (Lipinski definition) is 6. The van der Waals surface area contributed by atoms with Gasteiger partial charge in [-0.25, -0.2) is 0 Å². The lowest BCUT2D eigenvalue weighted by Gasteiger charge is -2.18. The second-order valence-electron chi connectivity index (χ2n) is 14.5. The molecule has 61 heavy (non-hydrogen) atoms. The molecule has 0 N–H and O–H groups in total. The molecule has 0 fully saturated rings. The van der Waals surface area contributed by atoms with Crippen LogP contribution >= 0.6 is 0 Å². The SMILES string of the molecule is CC/C=C\C/C=C\C/C=C\C/C=C\CCCCC(=O)OCC(COC(=O)CC/C=C\C/C=C\C/C=C\C/C=C\CC)OC(=O)CCCC/C=C\C/C=C\C/C=C\C/C=C\CC. The molecule has 0 saturated heterocycles. The third-order valence-corrected chi connectivity index (χ3v) is 8.83. The van der Waals surface area contributed by atoms with Crippen molar-refractivity contribution in [2.24, 2.45) is 0 Å². The number of unbranched alkanes of at least 4 members (excludes halogenated alkanes) is 4. The summed E-state index contributed by atoms with van der Waals surface area (Å²) in [6.07, 6.45) is 68.5. The van der Waals surface area contributed by atoms with Crippen molar-refractivity contribution < 1.29 is 28.6 Å². The molecular weight excluding hydrogens is 757 g/mol. The Morgan fingerprint density at radius 1 is 0.328 bits per heavy atom. The van der Waals surface area contributed by atoms with Crippen molar-refractivity contribution in [2.45, 2.75) is 168 Å². The summed E-state index contributed by atoms with van der Waals surface area (Å²) in [5.41, 5.74) is 0. The molecule has 1 atom stereocenters. The van der Waals surface area contributed by atoms with Crippen LogP contribution in [0.2, 0.25) is 0 Å². The first-order valence-corrected chi connectivity index (χ1v) is 23.3. The summed E-state index contributed by atoms with van der Waals surface area (Å²) in [6, 6.07) is 0. The average molecular weight is 839 g/mol. The summed E-state index contributed by atoms with van der Waals surface area (Å²) >= 11 is 0. The summed E-state index contributed by atoms with van der Waals surface area (Å²) in [4.78, 5) is 37.8. The van der Waals surface area contributed by atoms with Crippen LogP contribution in [0.3, 0.4) is 0 Å². The zero-order chi connectivity index (χ0) is 44.4. The maximum absolute atomic E-state index is 12.7. The van der Waals surface area contributed by atoms with Gasteiger partial charge >= 0.3 is 17.9 Å². The van der Waals surface area contributed by atoms with Crippen LogP contribution in [0.5, 0.6) is 0 Å². The van der Waals surface area contributed by atoms with Crippen LogP contribution in [0.15, 0.2) is 146 Å². The fraction of sp³-hybridized carbons (Fsp3) is 0.509.